The molecule has 72 valence electrons. The summed E-state index contributed by atoms with van der Waals surface area (Å²) in [7, 11) is 0. The summed E-state index contributed by atoms with van der Waals surface area (Å²) >= 11 is 0. The van der Waals surface area contributed by atoms with Crippen molar-refractivity contribution in [3.8, 4) is 0 Å². The Morgan fingerprint density at radius 3 is 2.00 bits per heavy atom. The van der Waals surface area contributed by atoms with Gasteiger partial charge in [-0.25, -0.2) is 0 Å². The van der Waals surface area contributed by atoms with Crippen LogP contribution in [0, 0.1) is 5.92 Å². The first kappa shape index (κ1) is 9.88. The van der Waals surface area contributed by atoms with E-state index in [1.54, 1.807) is 0 Å². The smallest absolute Gasteiger partial charge is 0.109 e. The zero-order valence-corrected chi connectivity index (χ0v) is 6.54. The van der Waals surface area contributed by atoms with Crippen LogP contribution >= 0.6 is 0 Å². The molecule has 0 spiro atoms. The van der Waals surface area contributed by atoms with Crippen LogP contribution in [0.1, 0.15) is 6.42 Å². The lowest BCUT2D eigenvalue weighted by Gasteiger charge is -2.37. The van der Waals surface area contributed by atoms with Crippen LogP contribution in [-0.2, 0) is 0 Å². The normalized spacial score (nSPS) is 49.2. The molecule has 5 atom stereocenters. The molecule has 1 rings (SSSR count). The van der Waals surface area contributed by atoms with Gasteiger partial charge in [0, 0.05) is 12.5 Å². The fourth-order valence-corrected chi connectivity index (χ4v) is 1.48. The van der Waals surface area contributed by atoms with E-state index in [1.165, 1.54) is 0 Å². The van der Waals surface area contributed by atoms with Gasteiger partial charge in [-0.15, -0.1) is 0 Å². The Kier molecular flexibility index (Phi) is 3.03. The van der Waals surface area contributed by atoms with Gasteiger partial charge in [0.15, 0.2) is 0 Å². The average molecular weight is 178 g/mol. The predicted octanol–water partition coefficient (Wildman–Crippen LogP) is -2.56. The third kappa shape index (κ3) is 1.60. The fraction of sp³-hybridized carbons (Fsp3) is 1.00. The number of aliphatic hydroxyl groups is 5. The number of rotatable bonds is 1. The summed E-state index contributed by atoms with van der Waals surface area (Å²) in [6.07, 6.45) is -4.81. The lowest BCUT2D eigenvalue weighted by atomic mass is 9.81. The summed E-state index contributed by atoms with van der Waals surface area (Å²) in [6.45, 7) is -0.304. The molecule has 0 radical (unpaired) electrons. The molecule has 0 aromatic carbocycles. The number of aliphatic hydroxyl groups excluding tert-OH is 5. The van der Waals surface area contributed by atoms with Crippen LogP contribution in [0.5, 0.6) is 0 Å². The van der Waals surface area contributed by atoms with E-state index >= 15 is 0 Å². The maximum atomic E-state index is 9.24. The molecule has 0 heterocycles. The van der Waals surface area contributed by atoms with E-state index in [2.05, 4.69) is 0 Å². The molecule has 12 heavy (non-hydrogen) atoms. The molecular weight excluding hydrogens is 164 g/mol. The molecule has 1 aliphatic carbocycles. The highest BCUT2D eigenvalue weighted by molar-refractivity contribution is 4.91. The predicted molar refractivity (Wildman–Crippen MR) is 39.2 cm³/mol. The lowest BCUT2D eigenvalue weighted by Crippen LogP contribution is -2.54. The molecular formula is C7H14O5. The molecule has 0 aliphatic heterocycles. The van der Waals surface area contributed by atoms with Crippen molar-refractivity contribution in [1.82, 2.24) is 0 Å². The molecule has 5 heteroatoms. The Morgan fingerprint density at radius 2 is 1.50 bits per heavy atom. The average Bonchev–Trinajstić information content (AvgIpc) is 2.08. The van der Waals surface area contributed by atoms with E-state index in [4.69, 9.17) is 20.4 Å². The number of hydrogen-bond donors (Lipinski definition) is 5. The molecule has 1 saturated carbocycles. The van der Waals surface area contributed by atoms with Crippen molar-refractivity contribution >= 4 is 0 Å². The van der Waals surface area contributed by atoms with Gasteiger partial charge in [-0.3, -0.25) is 0 Å². The van der Waals surface area contributed by atoms with Crippen LogP contribution < -0.4 is 0 Å². The maximum absolute atomic E-state index is 9.24. The van der Waals surface area contributed by atoms with Gasteiger partial charge in [0.1, 0.15) is 12.2 Å². The van der Waals surface area contributed by atoms with Gasteiger partial charge in [0.25, 0.3) is 0 Å². The second kappa shape index (κ2) is 3.68. The van der Waals surface area contributed by atoms with E-state index in [0.29, 0.717) is 0 Å². The SMILES string of the molecule is OC[C@@H]1C[C@@H](O)[C@H](O)[C@@H](O)[C@H]1O. The van der Waals surface area contributed by atoms with Crippen molar-refractivity contribution < 1.29 is 25.5 Å². The molecule has 0 unspecified atom stereocenters. The van der Waals surface area contributed by atoms with Crippen LogP contribution in [0.2, 0.25) is 0 Å². The van der Waals surface area contributed by atoms with Crippen LogP contribution in [0.4, 0.5) is 0 Å². The zero-order valence-electron chi connectivity index (χ0n) is 6.54. The Hall–Kier alpha value is -0.200. The molecule has 0 aromatic rings. The van der Waals surface area contributed by atoms with Gasteiger partial charge < -0.3 is 25.5 Å². The number of hydrogen-bond acceptors (Lipinski definition) is 5. The van der Waals surface area contributed by atoms with Crippen molar-refractivity contribution in [1.29, 1.82) is 0 Å². The van der Waals surface area contributed by atoms with Crippen molar-refractivity contribution in [3.05, 3.63) is 0 Å². The zero-order chi connectivity index (χ0) is 9.30. The quantitative estimate of drug-likeness (QED) is 0.304. The molecule has 1 fully saturated rings. The molecule has 0 amide bonds. The largest absolute Gasteiger partial charge is 0.396 e. The van der Waals surface area contributed by atoms with Gasteiger partial charge in [0.05, 0.1) is 12.2 Å². The third-order valence-electron chi connectivity index (χ3n) is 2.36. The minimum Gasteiger partial charge on any atom is -0.396 e. The minimum atomic E-state index is -1.37. The Balaban J connectivity index is 2.63. The van der Waals surface area contributed by atoms with E-state index < -0.39 is 30.3 Å². The van der Waals surface area contributed by atoms with E-state index in [-0.39, 0.29) is 13.0 Å². The molecule has 0 saturated heterocycles. The van der Waals surface area contributed by atoms with Crippen LogP contribution in [0.15, 0.2) is 0 Å². The lowest BCUT2D eigenvalue weighted by molar-refractivity contribution is -0.163. The first-order valence-electron chi connectivity index (χ1n) is 3.91. The molecule has 0 aromatic heterocycles. The molecule has 5 N–H and O–H groups in total. The second-order valence-electron chi connectivity index (χ2n) is 3.22. The molecule has 0 bridgehead atoms. The van der Waals surface area contributed by atoms with Gasteiger partial charge in [-0.1, -0.05) is 0 Å². The Labute approximate surface area is 69.9 Å². The van der Waals surface area contributed by atoms with Crippen molar-refractivity contribution in [3.63, 3.8) is 0 Å². The van der Waals surface area contributed by atoms with E-state index in [0.717, 1.165) is 0 Å². The highest BCUT2D eigenvalue weighted by atomic mass is 16.4. The topological polar surface area (TPSA) is 101 Å². The highest BCUT2D eigenvalue weighted by Gasteiger charge is 2.41. The van der Waals surface area contributed by atoms with Gasteiger partial charge >= 0.3 is 0 Å². The maximum Gasteiger partial charge on any atom is 0.109 e. The van der Waals surface area contributed by atoms with E-state index in [9.17, 15) is 5.11 Å². The van der Waals surface area contributed by atoms with Crippen molar-refractivity contribution in [2.45, 2.75) is 30.8 Å². The summed E-state index contributed by atoms with van der Waals surface area (Å²) in [5.74, 6) is -0.557. The Bertz CT molecular complexity index is 146. The highest BCUT2D eigenvalue weighted by Crippen LogP contribution is 2.25. The summed E-state index contributed by atoms with van der Waals surface area (Å²) < 4.78 is 0. The van der Waals surface area contributed by atoms with Gasteiger partial charge in [-0.2, -0.15) is 0 Å². The van der Waals surface area contributed by atoms with Crippen LogP contribution in [-0.4, -0.2) is 56.6 Å². The second-order valence-corrected chi connectivity index (χ2v) is 3.22. The van der Waals surface area contributed by atoms with Gasteiger partial charge in [0.2, 0.25) is 0 Å². The van der Waals surface area contributed by atoms with Crippen molar-refractivity contribution in [2.75, 3.05) is 6.61 Å². The van der Waals surface area contributed by atoms with Crippen LogP contribution in [0.25, 0.3) is 0 Å². The first-order valence-corrected chi connectivity index (χ1v) is 3.91. The first-order chi connectivity index (χ1) is 5.57. The Morgan fingerprint density at radius 1 is 0.917 bits per heavy atom. The molecule has 5 nitrogen and oxygen atoms in total. The summed E-state index contributed by atoms with van der Waals surface area (Å²) in [5.41, 5.74) is 0. The summed E-state index contributed by atoms with van der Waals surface area (Å²) in [4.78, 5) is 0. The van der Waals surface area contributed by atoms with Crippen molar-refractivity contribution in [2.24, 2.45) is 5.92 Å². The fourth-order valence-electron chi connectivity index (χ4n) is 1.48. The summed E-state index contributed by atoms with van der Waals surface area (Å²) in [6, 6.07) is 0. The van der Waals surface area contributed by atoms with Crippen LogP contribution in [0.3, 0.4) is 0 Å². The monoisotopic (exact) mass is 178 g/mol. The molecule has 1 aliphatic rings. The van der Waals surface area contributed by atoms with Gasteiger partial charge in [-0.05, 0) is 6.42 Å². The minimum absolute atomic E-state index is 0.107. The summed E-state index contributed by atoms with van der Waals surface area (Å²) in [5, 5.41) is 45.3. The third-order valence-corrected chi connectivity index (χ3v) is 2.36. The van der Waals surface area contributed by atoms with E-state index in [1.807, 2.05) is 0 Å². The standard InChI is InChI=1S/C7H14O5/c8-2-3-1-4(9)6(11)7(12)5(3)10/h3-12H,1-2H2/t3-,4+,5-,6-,7-/m0/s1.